The Bertz CT molecular complexity index is 751. The van der Waals surface area contributed by atoms with Gasteiger partial charge in [0.05, 0.1) is 5.25 Å². The Morgan fingerprint density at radius 2 is 2.12 bits per heavy atom. The van der Waals surface area contributed by atoms with E-state index in [9.17, 15) is 9.59 Å². The molecule has 1 aromatic carbocycles. The Morgan fingerprint density at radius 1 is 1.42 bits per heavy atom. The highest BCUT2D eigenvalue weighted by Crippen LogP contribution is 2.36. The van der Waals surface area contributed by atoms with Crippen molar-refractivity contribution < 1.29 is 4.79 Å². The molecule has 0 spiro atoms. The number of benzene rings is 1. The normalized spacial score (nSPS) is 15.2. The van der Waals surface area contributed by atoms with Crippen molar-refractivity contribution in [2.45, 2.75) is 49.7 Å². The molecule has 7 heteroatoms. The number of nitrogens with zero attached hydrogens (tertiary/aromatic N) is 3. The Balaban J connectivity index is 1.68. The van der Waals surface area contributed by atoms with Crippen LogP contribution in [0.1, 0.15) is 38.3 Å². The maximum atomic E-state index is 12.8. The number of carbonyl (C=O) groups is 1. The van der Waals surface area contributed by atoms with E-state index in [2.05, 4.69) is 10.2 Å². The molecule has 1 aliphatic rings. The minimum Gasteiger partial charge on any atom is -0.338 e. The van der Waals surface area contributed by atoms with Gasteiger partial charge in [-0.2, -0.15) is 0 Å². The van der Waals surface area contributed by atoms with Crippen molar-refractivity contribution in [2.75, 3.05) is 6.54 Å². The lowest BCUT2D eigenvalue weighted by molar-refractivity contribution is -0.130. The van der Waals surface area contributed by atoms with Gasteiger partial charge in [-0.1, -0.05) is 42.1 Å². The summed E-state index contributed by atoms with van der Waals surface area (Å²) < 4.78 is 1.68. The van der Waals surface area contributed by atoms with Crippen LogP contribution in [0.4, 0.5) is 0 Å². The second kappa shape index (κ2) is 7.25. The van der Waals surface area contributed by atoms with Gasteiger partial charge < -0.3 is 4.90 Å². The van der Waals surface area contributed by atoms with Crippen molar-refractivity contribution in [1.82, 2.24) is 19.7 Å². The van der Waals surface area contributed by atoms with Crippen LogP contribution in [0.25, 0.3) is 0 Å². The number of H-pyrrole nitrogens is 1. The van der Waals surface area contributed by atoms with Crippen molar-refractivity contribution in [2.24, 2.45) is 0 Å². The minimum absolute atomic E-state index is 0.0594. The van der Waals surface area contributed by atoms with Crippen LogP contribution in [0.5, 0.6) is 0 Å². The number of nitrogens with one attached hydrogen (secondary N) is 1. The highest BCUT2D eigenvalue weighted by molar-refractivity contribution is 8.00. The summed E-state index contributed by atoms with van der Waals surface area (Å²) in [5.74, 6) is 0.0594. The molecule has 128 valence electrons. The first-order chi connectivity index (χ1) is 11.6. The molecule has 1 amide bonds. The first-order valence-corrected chi connectivity index (χ1v) is 9.14. The molecule has 24 heavy (non-hydrogen) atoms. The topological polar surface area (TPSA) is 71.0 Å². The van der Waals surface area contributed by atoms with Crippen LogP contribution in [-0.2, 0) is 11.3 Å². The maximum absolute atomic E-state index is 12.8. The Labute approximate surface area is 145 Å². The number of rotatable bonds is 7. The number of aromatic nitrogens is 3. The summed E-state index contributed by atoms with van der Waals surface area (Å²) >= 11 is 1.35. The van der Waals surface area contributed by atoms with Crippen LogP contribution < -0.4 is 5.69 Å². The largest absolute Gasteiger partial charge is 0.344 e. The predicted molar refractivity (Wildman–Crippen MR) is 94.0 cm³/mol. The molecule has 1 atom stereocenters. The summed E-state index contributed by atoms with van der Waals surface area (Å²) in [5, 5.41) is 6.90. The van der Waals surface area contributed by atoms with Crippen LogP contribution >= 0.6 is 11.8 Å². The number of aromatic amines is 1. The number of amides is 1. The molecule has 6 nitrogen and oxygen atoms in total. The maximum Gasteiger partial charge on any atom is 0.344 e. The smallest absolute Gasteiger partial charge is 0.338 e. The molecule has 3 rings (SSSR count). The molecule has 0 aliphatic heterocycles. The van der Waals surface area contributed by atoms with E-state index in [1.165, 1.54) is 11.8 Å². The van der Waals surface area contributed by atoms with Gasteiger partial charge in [-0.3, -0.25) is 9.36 Å². The van der Waals surface area contributed by atoms with Crippen molar-refractivity contribution >= 4 is 17.7 Å². The molecule has 0 bridgehead atoms. The van der Waals surface area contributed by atoms with Crippen LogP contribution in [0.15, 0.2) is 40.3 Å². The number of hydrogen-bond acceptors (Lipinski definition) is 4. The summed E-state index contributed by atoms with van der Waals surface area (Å²) in [6.45, 7) is 5.09. The number of carbonyl (C=O) groups excluding carboxylic acids is 1. The zero-order valence-corrected chi connectivity index (χ0v) is 14.8. The summed E-state index contributed by atoms with van der Waals surface area (Å²) in [5.41, 5.74) is 0.927. The molecule has 0 saturated heterocycles. The highest BCUT2D eigenvalue weighted by atomic mass is 32.2. The Morgan fingerprint density at radius 3 is 2.75 bits per heavy atom. The second-order valence-corrected chi connectivity index (χ2v) is 7.32. The van der Waals surface area contributed by atoms with Gasteiger partial charge in [-0.05, 0) is 32.3 Å². The Kier molecular flexibility index (Phi) is 5.08. The van der Waals surface area contributed by atoms with Gasteiger partial charge in [-0.15, -0.1) is 5.10 Å². The zero-order valence-electron chi connectivity index (χ0n) is 13.9. The molecule has 1 heterocycles. The lowest BCUT2D eigenvalue weighted by Gasteiger charge is -2.24. The predicted octanol–water partition coefficient (Wildman–Crippen LogP) is 2.44. The van der Waals surface area contributed by atoms with E-state index in [1.807, 2.05) is 49.1 Å². The number of hydrogen-bond donors (Lipinski definition) is 1. The molecular formula is C17H22N4O2S. The average Bonchev–Trinajstić information content (AvgIpc) is 3.37. The summed E-state index contributed by atoms with van der Waals surface area (Å²) in [6.07, 6.45) is 2.01. The molecule has 1 fully saturated rings. The fraction of sp³-hybridized carbons (Fsp3) is 0.471. The van der Waals surface area contributed by atoms with E-state index in [1.54, 1.807) is 4.57 Å². The Hall–Kier alpha value is -2.02. The second-order valence-electron chi connectivity index (χ2n) is 6.01. The van der Waals surface area contributed by atoms with Crippen molar-refractivity contribution in [3.63, 3.8) is 0 Å². The third-order valence-corrected chi connectivity index (χ3v) is 5.18. The average molecular weight is 346 g/mol. The SMILES string of the molecule is CCN(Cc1ccccc1)C(=O)[C@H](C)Sc1n[nH]c(=O)n1C1CC1. The van der Waals surface area contributed by atoms with Gasteiger partial charge in [0.25, 0.3) is 0 Å². The van der Waals surface area contributed by atoms with Gasteiger partial charge in [-0.25, -0.2) is 9.89 Å². The molecule has 0 unspecified atom stereocenters. The summed E-state index contributed by atoms with van der Waals surface area (Å²) in [4.78, 5) is 26.4. The standard InChI is InChI=1S/C17H22N4O2S/c1-3-20(11-13-7-5-4-6-8-13)15(22)12(2)24-17-19-18-16(23)21(17)14-9-10-14/h4-8,12,14H,3,9-11H2,1-2H3,(H,18,23)/t12-/m0/s1. The molecule has 1 saturated carbocycles. The zero-order chi connectivity index (χ0) is 17.1. The fourth-order valence-electron chi connectivity index (χ4n) is 2.64. The lowest BCUT2D eigenvalue weighted by Crippen LogP contribution is -2.36. The first-order valence-electron chi connectivity index (χ1n) is 8.26. The third-order valence-electron chi connectivity index (χ3n) is 4.12. The van der Waals surface area contributed by atoms with E-state index in [4.69, 9.17) is 0 Å². The van der Waals surface area contributed by atoms with Gasteiger partial charge in [0.1, 0.15) is 0 Å². The van der Waals surface area contributed by atoms with Crippen LogP contribution in [0, 0.1) is 0 Å². The van der Waals surface area contributed by atoms with Gasteiger partial charge in [0, 0.05) is 19.1 Å². The molecule has 0 radical (unpaired) electrons. The molecular weight excluding hydrogens is 324 g/mol. The van der Waals surface area contributed by atoms with Crippen molar-refractivity contribution in [1.29, 1.82) is 0 Å². The molecule has 1 N–H and O–H groups in total. The fourth-order valence-corrected chi connectivity index (χ4v) is 3.65. The molecule has 2 aromatic rings. The quantitative estimate of drug-likeness (QED) is 0.782. The van der Waals surface area contributed by atoms with Gasteiger partial charge >= 0.3 is 5.69 Å². The van der Waals surface area contributed by atoms with Crippen molar-refractivity contribution in [3.05, 3.63) is 46.4 Å². The van der Waals surface area contributed by atoms with E-state index >= 15 is 0 Å². The monoisotopic (exact) mass is 346 g/mol. The third kappa shape index (κ3) is 3.72. The van der Waals surface area contributed by atoms with Gasteiger partial charge in [0.2, 0.25) is 5.91 Å². The van der Waals surface area contributed by atoms with E-state index in [-0.39, 0.29) is 22.9 Å². The molecule has 1 aliphatic carbocycles. The minimum atomic E-state index is -0.290. The first kappa shape index (κ1) is 16.8. The van der Waals surface area contributed by atoms with E-state index in [0.717, 1.165) is 18.4 Å². The number of thioether (sulfide) groups is 1. The lowest BCUT2D eigenvalue weighted by atomic mass is 10.2. The highest BCUT2D eigenvalue weighted by Gasteiger charge is 2.30. The summed E-state index contributed by atoms with van der Waals surface area (Å²) in [7, 11) is 0. The van der Waals surface area contributed by atoms with Crippen LogP contribution in [-0.4, -0.2) is 37.4 Å². The van der Waals surface area contributed by atoms with E-state index in [0.29, 0.717) is 18.2 Å². The van der Waals surface area contributed by atoms with Gasteiger partial charge in [0.15, 0.2) is 5.16 Å². The van der Waals surface area contributed by atoms with Crippen LogP contribution in [0.2, 0.25) is 0 Å². The summed E-state index contributed by atoms with van der Waals surface area (Å²) in [6, 6.07) is 10.2. The van der Waals surface area contributed by atoms with Crippen molar-refractivity contribution in [3.8, 4) is 0 Å². The molecule has 1 aromatic heterocycles. The van der Waals surface area contributed by atoms with E-state index < -0.39 is 0 Å². The van der Waals surface area contributed by atoms with Crippen LogP contribution in [0.3, 0.4) is 0 Å².